The SMILES string of the molecule is CN/C=C(\C=C(/C)c1nc2cc(F)c(Cl)cc2n1C1CC1)OC. The molecule has 3 rings (SSSR count). The molecule has 122 valence electrons. The standard InChI is InChI=1S/C17H19ClFN3O/c1-10(6-12(23-3)9-20-2)17-21-15-8-14(19)13(18)7-16(15)22(17)11-4-5-11/h6-9,11,20H,4-5H2,1-3H3/b10-6+,12-9+. The quantitative estimate of drug-likeness (QED) is 0.655. The molecule has 2 aromatic rings. The summed E-state index contributed by atoms with van der Waals surface area (Å²) in [5, 5.41) is 3.07. The van der Waals surface area contributed by atoms with Gasteiger partial charge >= 0.3 is 0 Å². The number of benzene rings is 1. The van der Waals surface area contributed by atoms with Gasteiger partial charge in [0.2, 0.25) is 0 Å². The summed E-state index contributed by atoms with van der Waals surface area (Å²) < 4.78 is 21.2. The Morgan fingerprint density at radius 2 is 2.22 bits per heavy atom. The van der Waals surface area contributed by atoms with Gasteiger partial charge in [-0.3, -0.25) is 0 Å². The van der Waals surface area contributed by atoms with E-state index in [0.29, 0.717) is 17.3 Å². The van der Waals surface area contributed by atoms with Crippen molar-refractivity contribution in [2.75, 3.05) is 14.2 Å². The van der Waals surface area contributed by atoms with Gasteiger partial charge in [-0.05, 0) is 37.5 Å². The van der Waals surface area contributed by atoms with E-state index in [0.717, 1.165) is 29.8 Å². The Labute approximate surface area is 139 Å². The van der Waals surface area contributed by atoms with Crippen LogP contribution in [0.25, 0.3) is 16.6 Å². The van der Waals surface area contributed by atoms with Crippen molar-refractivity contribution >= 4 is 28.2 Å². The summed E-state index contributed by atoms with van der Waals surface area (Å²) in [7, 11) is 3.43. The number of hydrogen-bond donors (Lipinski definition) is 1. The van der Waals surface area contributed by atoms with Gasteiger partial charge in [0.15, 0.2) is 0 Å². The molecule has 1 aliphatic carbocycles. The van der Waals surface area contributed by atoms with E-state index in [1.807, 2.05) is 20.0 Å². The number of ether oxygens (including phenoxy) is 1. The van der Waals surface area contributed by atoms with Gasteiger partial charge in [0.25, 0.3) is 0 Å². The fraction of sp³-hybridized carbons (Fsp3) is 0.353. The molecule has 6 heteroatoms. The first-order valence-electron chi connectivity index (χ1n) is 7.52. The lowest BCUT2D eigenvalue weighted by Crippen LogP contribution is -2.01. The van der Waals surface area contributed by atoms with Crippen molar-refractivity contribution in [3.05, 3.63) is 46.8 Å². The number of nitrogens with one attached hydrogen (secondary N) is 1. The maximum Gasteiger partial charge on any atom is 0.144 e. The van der Waals surface area contributed by atoms with Gasteiger partial charge in [0, 0.05) is 25.4 Å². The predicted molar refractivity (Wildman–Crippen MR) is 90.8 cm³/mol. The molecule has 0 saturated heterocycles. The van der Waals surface area contributed by atoms with Gasteiger partial charge < -0.3 is 14.6 Å². The topological polar surface area (TPSA) is 39.1 Å². The van der Waals surface area contributed by atoms with E-state index < -0.39 is 5.82 Å². The molecular formula is C17H19ClFN3O. The van der Waals surface area contributed by atoms with Crippen LogP contribution < -0.4 is 5.32 Å². The molecule has 0 radical (unpaired) electrons. The third-order valence-electron chi connectivity index (χ3n) is 3.88. The highest BCUT2D eigenvalue weighted by Gasteiger charge is 2.29. The maximum absolute atomic E-state index is 13.7. The highest BCUT2D eigenvalue weighted by atomic mass is 35.5. The number of methoxy groups -OCH3 is 1. The number of allylic oxidation sites excluding steroid dienone is 2. The first-order valence-corrected chi connectivity index (χ1v) is 7.90. The molecule has 1 aromatic carbocycles. The van der Waals surface area contributed by atoms with E-state index in [1.165, 1.54) is 6.07 Å². The maximum atomic E-state index is 13.7. The second-order valence-corrected chi connectivity index (χ2v) is 6.07. The lowest BCUT2D eigenvalue weighted by Gasteiger charge is -2.09. The number of imidazole rings is 1. The molecule has 0 aliphatic heterocycles. The molecule has 1 N–H and O–H groups in total. The fourth-order valence-electron chi connectivity index (χ4n) is 2.65. The summed E-state index contributed by atoms with van der Waals surface area (Å²) >= 11 is 5.95. The number of nitrogens with zero attached hydrogens (tertiary/aromatic N) is 2. The number of fused-ring (bicyclic) bond motifs is 1. The van der Waals surface area contributed by atoms with E-state index in [-0.39, 0.29) is 5.02 Å². The van der Waals surface area contributed by atoms with Crippen LogP contribution in [0.15, 0.2) is 30.2 Å². The van der Waals surface area contributed by atoms with Gasteiger partial charge in [-0.25, -0.2) is 9.37 Å². The molecule has 4 nitrogen and oxygen atoms in total. The third-order valence-corrected chi connectivity index (χ3v) is 4.17. The molecular weight excluding hydrogens is 317 g/mol. The lowest BCUT2D eigenvalue weighted by atomic mass is 10.2. The van der Waals surface area contributed by atoms with Crippen LogP contribution >= 0.6 is 11.6 Å². The van der Waals surface area contributed by atoms with Crippen molar-refractivity contribution in [2.24, 2.45) is 0 Å². The van der Waals surface area contributed by atoms with Crippen molar-refractivity contribution in [1.29, 1.82) is 0 Å². The number of aromatic nitrogens is 2. The van der Waals surface area contributed by atoms with E-state index in [9.17, 15) is 4.39 Å². The molecule has 1 fully saturated rings. The minimum Gasteiger partial charge on any atom is -0.495 e. The van der Waals surface area contributed by atoms with Crippen LogP contribution in [0.2, 0.25) is 5.02 Å². The third kappa shape index (κ3) is 3.06. The highest BCUT2D eigenvalue weighted by Crippen LogP contribution is 2.41. The molecule has 1 saturated carbocycles. The summed E-state index contributed by atoms with van der Waals surface area (Å²) in [6.07, 6.45) is 5.88. The highest BCUT2D eigenvalue weighted by molar-refractivity contribution is 6.31. The van der Waals surface area contributed by atoms with E-state index in [4.69, 9.17) is 16.3 Å². The van der Waals surface area contributed by atoms with Crippen LogP contribution in [0.4, 0.5) is 4.39 Å². The molecule has 1 aliphatic rings. The van der Waals surface area contributed by atoms with Crippen molar-refractivity contribution in [1.82, 2.24) is 14.9 Å². The Morgan fingerprint density at radius 3 is 2.83 bits per heavy atom. The van der Waals surface area contributed by atoms with Crippen molar-refractivity contribution in [2.45, 2.75) is 25.8 Å². The van der Waals surface area contributed by atoms with Crippen molar-refractivity contribution in [3.63, 3.8) is 0 Å². The van der Waals surface area contributed by atoms with Gasteiger partial charge in [-0.2, -0.15) is 0 Å². The first-order chi connectivity index (χ1) is 11.0. The molecule has 0 amide bonds. The van der Waals surface area contributed by atoms with Crippen LogP contribution in [0.1, 0.15) is 31.6 Å². The molecule has 0 atom stereocenters. The summed E-state index contributed by atoms with van der Waals surface area (Å²) in [5.74, 6) is 1.08. The summed E-state index contributed by atoms with van der Waals surface area (Å²) in [6.45, 7) is 1.97. The number of hydrogen-bond acceptors (Lipinski definition) is 3. The van der Waals surface area contributed by atoms with E-state index in [2.05, 4.69) is 14.9 Å². The second-order valence-electron chi connectivity index (χ2n) is 5.66. The largest absolute Gasteiger partial charge is 0.495 e. The number of rotatable bonds is 5. The Hall–Kier alpha value is -2.01. The number of halogens is 2. The Bertz CT molecular complexity index is 806. The zero-order valence-electron chi connectivity index (χ0n) is 13.4. The van der Waals surface area contributed by atoms with Crippen LogP contribution in [0.5, 0.6) is 0 Å². The molecule has 1 aromatic heterocycles. The Morgan fingerprint density at radius 1 is 1.48 bits per heavy atom. The Balaban J connectivity index is 2.15. The Kier molecular flexibility index (Phi) is 4.31. The zero-order valence-corrected chi connectivity index (χ0v) is 14.1. The van der Waals surface area contributed by atoms with Gasteiger partial charge in [0.05, 0.1) is 23.2 Å². The summed E-state index contributed by atoms with van der Waals surface area (Å²) in [6, 6.07) is 3.46. The van der Waals surface area contributed by atoms with Crippen molar-refractivity contribution < 1.29 is 9.13 Å². The predicted octanol–water partition coefficient (Wildman–Crippen LogP) is 4.27. The molecule has 23 heavy (non-hydrogen) atoms. The molecule has 0 bridgehead atoms. The average molecular weight is 336 g/mol. The molecule has 1 heterocycles. The molecule has 0 unspecified atom stereocenters. The smallest absolute Gasteiger partial charge is 0.144 e. The molecule has 0 spiro atoms. The van der Waals surface area contributed by atoms with Gasteiger partial charge in [-0.1, -0.05) is 11.6 Å². The van der Waals surface area contributed by atoms with Crippen LogP contribution in [-0.4, -0.2) is 23.7 Å². The summed E-state index contributed by atoms with van der Waals surface area (Å²) in [5.41, 5.74) is 2.45. The summed E-state index contributed by atoms with van der Waals surface area (Å²) in [4.78, 5) is 4.62. The van der Waals surface area contributed by atoms with Crippen LogP contribution in [0, 0.1) is 5.82 Å². The minimum atomic E-state index is -0.444. The monoisotopic (exact) mass is 335 g/mol. The first kappa shape index (κ1) is 15.9. The fourth-order valence-corrected chi connectivity index (χ4v) is 2.81. The zero-order chi connectivity index (χ0) is 16.6. The normalized spacial score (nSPS) is 16.0. The van der Waals surface area contributed by atoms with Gasteiger partial charge in [-0.15, -0.1) is 0 Å². The van der Waals surface area contributed by atoms with E-state index in [1.54, 1.807) is 19.4 Å². The lowest BCUT2D eigenvalue weighted by molar-refractivity contribution is 0.304. The van der Waals surface area contributed by atoms with Crippen LogP contribution in [-0.2, 0) is 4.74 Å². The van der Waals surface area contributed by atoms with Crippen molar-refractivity contribution in [3.8, 4) is 0 Å². The minimum absolute atomic E-state index is 0.125. The van der Waals surface area contributed by atoms with E-state index >= 15 is 0 Å². The van der Waals surface area contributed by atoms with Gasteiger partial charge in [0.1, 0.15) is 17.4 Å². The van der Waals surface area contributed by atoms with Crippen LogP contribution in [0.3, 0.4) is 0 Å². The average Bonchev–Trinajstić information content (AvgIpc) is 3.29. The second kappa shape index (κ2) is 6.24.